The first-order valence-electron chi connectivity index (χ1n) is 8.63. The molecule has 26 heavy (non-hydrogen) atoms. The Hall–Kier alpha value is -1.67. The SMILES string of the molecule is COC(CN=C(N)Nc1cccc2c1CCCC2)c1ccc(F)cc1.I. The topological polar surface area (TPSA) is 59.6 Å². The van der Waals surface area contributed by atoms with Crippen LogP contribution in [-0.4, -0.2) is 19.6 Å². The van der Waals surface area contributed by atoms with E-state index in [2.05, 4.69) is 22.4 Å². The molecule has 3 N–H and O–H groups in total. The molecule has 0 saturated heterocycles. The number of nitrogens with one attached hydrogen (secondary N) is 1. The second-order valence-corrected chi connectivity index (χ2v) is 6.28. The molecule has 2 aromatic carbocycles. The lowest BCUT2D eigenvalue weighted by Crippen LogP contribution is -2.25. The van der Waals surface area contributed by atoms with E-state index in [-0.39, 0.29) is 35.9 Å². The summed E-state index contributed by atoms with van der Waals surface area (Å²) in [7, 11) is 1.61. The highest BCUT2D eigenvalue weighted by Crippen LogP contribution is 2.27. The maximum Gasteiger partial charge on any atom is 0.193 e. The van der Waals surface area contributed by atoms with Crippen molar-refractivity contribution in [3.8, 4) is 0 Å². The molecule has 140 valence electrons. The van der Waals surface area contributed by atoms with Gasteiger partial charge in [-0.15, -0.1) is 24.0 Å². The van der Waals surface area contributed by atoms with Gasteiger partial charge in [0.25, 0.3) is 0 Å². The molecule has 0 amide bonds. The van der Waals surface area contributed by atoms with Gasteiger partial charge in [0.2, 0.25) is 0 Å². The zero-order valence-electron chi connectivity index (χ0n) is 14.9. The van der Waals surface area contributed by atoms with Crippen LogP contribution < -0.4 is 11.1 Å². The highest BCUT2D eigenvalue weighted by molar-refractivity contribution is 14.0. The van der Waals surface area contributed by atoms with Crippen molar-refractivity contribution in [1.82, 2.24) is 0 Å². The molecular weight excluding hydrogens is 444 g/mol. The monoisotopic (exact) mass is 469 g/mol. The Morgan fingerprint density at radius 3 is 2.65 bits per heavy atom. The summed E-state index contributed by atoms with van der Waals surface area (Å²) in [5, 5.41) is 3.22. The van der Waals surface area contributed by atoms with Gasteiger partial charge in [0.05, 0.1) is 6.54 Å². The number of aliphatic imine (C=N–C) groups is 1. The summed E-state index contributed by atoms with van der Waals surface area (Å²) < 4.78 is 18.5. The predicted octanol–water partition coefficient (Wildman–Crippen LogP) is 4.44. The van der Waals surface area contributed by atoms with Crippen LogP contribution >= 0.6 is 24.0 Å². The first-order valence-corrected chi connectivity index (χ1v) is 8.63. The van der Waals surface area contributed by atoms with Gasteiger partial charge < -0.3 is 15.8 Å². The van der Waals surface area contributed by atoms with Crippen LogP contribution in [0.5, 0.6) is 0 Å². The Labute approximate surface area is 171 Å². The average molecular weight is 469 g/mol. The molecule has 1 aliphatic rings. The molecule has 0 fully saturated rings. The fourth-order valence-corrected chi connectivity index (χ4v) is 3.25. The molecule has 0 aliphatic heterocycles. The largest absolute Gasteiger partial charge is 0.375 e. The summed E-state index contributed by atoms with van der Waals surface area (Å²) in [5.74, 6) is 0.0975. The van der Waals surface area contributed by atoms with Gasteiger partial charge in [0.1, 0.15) is 11.9 Å². The minimum Gasteiger partial charge on any atom is -0.375 e. The van der Waals surface area contributed by atoms with Crippen molar-refractivity contribution in [2.75, 3.05) is 19.0 Å². The Kier molecular flexibility index (Phi) is 7.84. The van der Waals surface area contributed by atoms with Crippen LogP contribution in [0, 0.1) is 5.82 Å². The van der Waals surface area contributed by atoms with E-state index in [0.717, 1.165) is 24.1 Å². The average Bonchev–Trinajstić information content (AvgIpc) is 2.64. The van der Waals surface area contributed by atoms with E-state index < -0.39 is 0 Å². The van der Waals surface area contributed by atoms with Gasteiger partial charge in [-0.3, -0.25) is 4.99 Å². The van der Waals surface area contributed by atoms with Crippen LogP contribution in [-0.2, 0) is 17.6 Å². The van der Waals surface area contributed by atoms with Crippen molar-refractivity contribution in [2.45, 2.75) is 31.8 Å². The maximum absolute atomic E-state index is 13.0. The number of guanidine groups is 1. The van der Waals surface area contributed by atoms with Gasteiger partial charge in [-0.25, -0.2) is 4.39 Å². The molecule has 0 aromatic heterocycles. The minimum absolute atomic E-state index is 0. The number of hydrogen-bond acceptors (Lipinski definition) is 2. The first-order chi connectivity index (χ1) is 12.2. The molecule has 1 aliphatic carbocycles. The third-order valence-electron chi connectivity index (χ3n) is 4.61. The van der Waals surface area contributed by atoms with Gasteiger partial charge >= 0.3 is 0 Å². The normalized spacial score (nSPS) is 14.9. The molecule has 0 spiro atoms. The Bertz CT molecular complexity index is 749. The zero-order valence-corrected chi connectivity index (χ0v) is 17.2. The van der Waals surface area contributed by atoms with Crippen LogP contribution in [0.25, 0.3) is 0 Å². The van der Waals surface area contributed by atoms with E-state index in [4.69, 9.17) is 10.5 Å². The van der Waals surface area contributed by atoms with Crippen molar-refractivity contribution >= 4 is 35.6 Å². The van der Waals surface area contributed by atoms with E-state index in [0.29, 0.717) is 12.5 Å². The third kappa shape index (κ3) is 5.17. The van der Waals surface area contributed by atoms with Crippen LogP contribution in [0.3, 0.4) is 0 Å². The van der Waals surface area contributed by atoms with Crippen molar-refractivity contribution in [3.05, 3.63) is 65.0 Å². The van der Waals surface area contributed by atoms with Crippen molar-refractivity contribution in [3.63, 3.8) is 0 Å². The molecule has 1 unspecified atom stereocenters. The smallest absolute Gasteiger partial charge is 0.193 e. The molecule has 0 bridgehead atoms. The number of nitrogens with two attached hydrogens (primary N) is 1. The summed E-state index contributed by atoms with van der Waals surface area (Å²) in [4.78, 5) is 4.40. The van der Waals surface area contributed by atoms with E-state index >= 15 is 0 Å². The number of fused-ring (bicyclic) bond motifs is 1. The summed E-state index contributed by atoms with van der Waals surface area (Å²) in [6, 6.07) is 12.5. The predicted molar refractivity (Wildman–Crippen MR) is 115 cm³/mol. The molecule has 0 heterocycles. The van der Waals surface area contributed by atoms with Crippen LogP contribution in [0.15, 0.2) is 47.5 Å². The lowest BCUT2D eigenvalue weighted by molar-refractivity contribution is 0.111. The first kappa shape index (κ1) is 20.6. The van der Waals surface area contributed by atoms with Crippen LogP contribution in [0.2, 0.25) is 0 Å². The molecular formula is C20H25FIN3O. The number of ether oxygens (including phenoxy) is 1. The quantitative estimate of drug-likeness (QED) is 0.387. The maximum atomic E-state index is 13.0. The highest BCUT2D eigenvalue weighted by atomic mass is 127. The molecule has 0 saturated carbocycles. The number of benzene rings is 2. The van der Waals surface area contributed by atoms with Gasteiger partial charge in [-0.1, -0.05) is 24.3 Å². The van der Waals surface area contributed by atoms with Crippen LogP contribution in [0.4, 0.5) is 10.1 Å². The summed E-state index contributed by atoms with van der Waals surface area (Å²) in [6.45, 7) is 0.371. The molecule has 3 rings (SSSR count). The molecule has 0 radical (unpaired) electrons. The van der Waals surface area contributed by atoms with Crippen molar-refractivity contribution in [2.24, 2.45) is 10.7 Å². The number of anilines is 1. The fourth-order valence-electron chi connectivity index (χ4n) is 3.25. The molecule has 1 atom stereocenters. The molecule has 6 heteroatoms. The number of halogens is 2. The fraction of sp³-hybridized carbons (Fsp3) is 0.350. The lowest BCUT2D eigenvalue weighted by atomic mass is 9.90. The van der Waals surface area contributed by atoms with Gasteiger partial charge in [-0.2, -0.15) is 0 Å². The minimum atomic E-state index is -0.267. The highest BCUT2D eigenvalue weighted by Gasteiger charge is 2.14. The Morgan fingerprint density at radius 2 is 1.92 bits per heavy atom. The second kappa shape index (κ2) is 9.87. The number of methoxy groups -OCH3 is 1. The summed E-state index contributed by atoms with van der Waals surface area (Å²) in [5.41, 5.74) is 10.7. The van der Waals surface area contributed by atoms with Crippen LogP contribution in [0.1, 0.15) is 35.6 Å². The van der Waals surface area contributed by atoms with E-state index in [9.17, 15) is 4.39 Å². The number of rotatable bonds is 5. The summed E-state index contributed by atoms with van der Waals surface area (Å²) >= 11 is 0. The van der Waals surface area contributed by atoms with E-state index in [1.165, 1.54) is 36.1 Å². The Morgan fingerprint density at radius 1 is 1.19 bits per heavy atom. The molecule has 4 nitrogen and oxygen atoms in total. The molecule has 2 aromatic rings. The van der Waals surface area contributed by atoms with E-state index in [1.54, 1.807) is 19.2 Å². The standard InChI is InChI=1S/C20H24FN3O.HI/c1-25-19(15-9-11-16(21)12-10-15)13-23-20(22)24-18-8-4-6-14-5-2-3-7-17(14)18;/h4,6,8-12,19H,2-3,5,7,13H2,1H3,(H3,22,23,24);1H. The Balaban J connectivity index is 0.00000243. The van der Waals surface area contributed by atoms with Gasteiger partial charge in [-0.05, 0) is 60.6 Å². The number of hydrogen-bond donors (Lipinski definition) is 2. The zero-order chi connectivity index (χ0) is 17.6. The summed E-state index contributed by atoms with van der Waals surface area (Å²) in [6.07, 6.45) is 4.39. The second-order valence-electron chi connectivity index (χ2n) is 6.28. The van der Waals surface area contributed by atoms with Crippen molar-refractivity contribution < 1.29 is 9.13 Å². The van der Waals surface area contributed by atoms with Crippen molar-refractivity contribution in [1.29, 1.82) is 0 Å². The third-order valence-corrected chi connectivity index (χ3v) is 4.61. The number of aryl methyl sites for hydroxylation is 1. The lowest BCUT2D eigenvalue weighted by Gasteiger charge is -2.20. The number of nitrogens with zero attached hydrogens (tertiary/aromatic N) is 1. The van der Waals surface area contributed by atoms with Gasteiger partial charge in [0.15, 0.2) is 5.96 Å². The van der Waals surface area contributed by atoms with Gasteiger partial charge in [0, 0.05) is 12.8 Å². The van der Waals surface area contributed by atoms with E-state index in [1.807, 2.05) is 6.07 Å².